The third kappa shape index (κ3) is 2.69. The standard InChI is InChI=1S/C15H9ClF3N3O2/c1-24-13-9-5-4-8(15(17,18)19)7-11(9)22(14(23)21-13)10-3-2-6-20-12(10)16/h2-7H,1H3. The highest BCUT2D eigenvalue weighted by Crippen LogP contribution is 2.33. The number of halogens is 4. The minimum absolute atomic E-state index is 0.0309. The van der Waals surface area contributed by atoms with Gasteiger partial charge in [-0.3, -0.25) is 4.57 Å². The first-order valence-electron chi connectivity index (χ1n) is 6.62. The molecule has 3 aromatic rings. The molecule has 0 radical (unpaired) electrons. The first-order chi connectivity index (χ1) is 11.3. The zero-order chi connectivity index (χ0) is 17.5. The molecule has 0 amide bonds. The molecule has 3 rings (SSSR count). The molecule has 0 saturated heterocycles. The van der Waals surface area contributed by atoms with Crippen LogP contribution < -0.4 is 10.4 Å². The third-order valence-electron chi connectivity index (χ3n) is 3.36. The Morgan fingerprint density at radius 2 is 2.00 bits per heavy atom. The monoisotopic (exact) mass is 355 g/mol. The van der Waals surface area contributed by atoms with E-state index in [1.54, 1.807) is 0 Å². The quantitative estimate of drug-likeness (QED) is 0.661. The molecular weight excluding hydrogens is 347 g/mol. The van der Waals surface area contributed by atoms with Crippen molar-refractivity contribution in [1.29, 1.82) is 0 Å². The highest BCUT2D eigenvalue weighted by Gasteiger charge is 2.31. The number of rotatable bonds is 2. The number of hydrogen-bond acceptors (Lipinski definition) is 4. The molecule has 0 aliphatic heterocycles. The fourth-order valence-corrected chi connectivity index (χ4v) is 2.51. The minimum Gasteiger partial charge on any atom is -0.480 e. The Bertz CT molecular complexity index is 986. The van der Waals surface area contributed by atoms with Crippen LogP contribution in [0.2, 0.25) is 5.15 Å². The summed E-state index contributed by atoms with van der Waals surface area (Å²) in [5, 5.41) is 0.204. The van der Waals surface area contributed by atoms with E-state index in [9.17, 15) is 18.0 Å². The molecule has 2 aromatic heterocycles. The van der Waals surface area contributed by atoms with Crippen molar-refractivity contribution in [3.63, 3.8) is 0 Å². The van der Waals surface area contributed by atoms with Crippen LogP contribution in [0.5, 0.6) is 5.88 Å². The second-order valence-electron chi connectivity index (χ2n) is 4.78. The minimum atomic E-state index is -4.57. The highest BCUT2D eigenvalue weighted by molar-refractivity contribution is 6.31. The van der Waals surface area contributed by atoms with Gasteiger partial charge in [-0.1, -0.05) is 11.6 Å². The van der Waals surface area contributed by atoms with Crippen LogP contribution >= 0.6 is 11.6 Å². The number of pyridine rings is 1. The van der Waals surface area contributed by atoms with Gasteiger partial charge in [-0.05, 0) is 30.3 Å². The lowest BCUT2D eigenvalue weighted by Gasteiger charge is -2.14. The molecule has 5 nitrogen and oxygen atoms in total. The highest BCUT2D eigenvalue weighted by atomic mass is 35.5. The Kier molecular flexibility index (Phi) is 3.92. The molecule has 0 spiro atoms. The van der Waals surface area contributed by atoms with Crippen LogP contribution in [0.15, 0.2) is 41.3 Å². The van der Waals surface area contributed by atoms with E-state index in [2.05, 4.69) is 9.97 Å². The Morgan fingerprint density at radius 1 is 1.25 bits per heavy atom. The van der Waals surface area contributed by atoms with E-state index in [1.807, 2.05) is 0 Å². The summed E-state index contributed by atoms with van der Waals surface area (Å²) in [5.41, 5.74) is -1.63. The third-order valence-corrected chi connectivity index (χ3v) is 3.65. The SMILES string of the molecule is COc1nc(=O)n(-c2cccnc2Cl)c2cc(C(F)(F)F)ccc12. The van der Waals surface area contributed by atoms with Gasteiger partial charge in [0.1, 0.15) is 0 Å². The normalized spacial score (nSPS) is 11.7. The molecule has 9 heteroatoms. The number of fused-ring (bicyclic) bond motifs is 1. The van der Waals surface area contributed by atoms with E-state index in [0.29, 0.717) is 0 Å². The van der Waals surface area contributed by atoms with Crippen LogP contribution in [0.25, 0.3) is 16.6 Å². The van der Waals surface area contributed by atoms with Crippen LogP contribution in [-0.2, 0) is 6.18 Å². The summed E-state index contributed by atoms with van der Waals surface area (Å²) in [7, 11) is 1.28. The number of methoxy groups -OCH3 is 1. The number of nitrogens with zero attached hydrogens (tertiary/aromatic N) is 3. The van der Waals surface area contributed by atoms with Crippen LogP contribution in [0, 0.1) is 0 Å². The van der Waals surface area contributed by atoms with Crippen molar-refractivity contribution in [1.82, 2.24) is 14.5 Å². The van der Waals surface area contributed by atoms with Crippen molar-refractivity contribution in [3.8, 4) is 11.6 Å². The van der Waals surface area contributed by atoms with E-state index in [-0.39, 0.29) is 27.6 Å². The molecule has 2 heterocycles. The maximum Gasteiger partial charge on any atom is 0.416 e. The van der Waals surface area contributed by atoms with Crippen molar-refractivity contribution < 1.29 is 17.9 Å². The van der Waals surface area contributed by atoms with E-state index < -0.39 is 17.4 Å². The summed E-state index contributed by atoms with van der Waals surface area (Å²) >= 11 is 5.98. The lowest BCUT2D eigenvalue weighted by molar-refractivity contribution is -0.137. The lowest BCUT2D eigenvalue weighted by atomic mass is 10.1. The Labute approximate surface area is 138 Å². The van der Waals surface area contributed by atoms with Gasteiger partial charge in [-0.25, -0.2) is 9.78 Å². The maximum absolute atomic E-state index is 13.0. The van der Waals surface area contributed by atoms with Gasteiger partial charge in [0.25, 0.3) is 0 Å². The number of ether oxygens (including phenoxy) is 1. The molecule has 0 fully saturated rings. The summed E-state index contributed by atoms with van der Waals surface area (Å²) in [6.07, 6.45) is -3.17. The first kappa shape index (κ1) is 16.3. The van der Waals surface area contributed by atoms with Gasteiger partial charge < -0.3 is 4.74 Å². The van der Waals surface area contributed by atoms with Crippen LogP contribution in [-0.4, -0.2) is 21.6 Å². The predicted molar refractivity (Wildman–Crippen MR) is 81.7 cm³/mol. The van der Waals surface area contributed by atoms with Crippen LogP contribution in [0.1, 0.15) is 5.56 Å². The van der Waals surface area contributed by atoms with Gasteiger partial charge in [0, 0.05) is 6.20 Å². The van der Waals surface area contributed by atoms with Crippen molar-refractivity contribution in [3.05, 3.63) is 57.7 Å². The summed E-state index contributed by atoms with van der Waals surface area (Å²) in [4.78, 5) is 19.9. The molecule has 0 atom stereocenters. The van der Waals surface area contributed by atoms with Gasteiger partial charge in [-0.15, -0.1) is 0 Å². The zero-order valence-electron chi connectivity index (χ0n) is 12.1. The van der Waals surface area contributed by atoms with E-state index in [4.69, 9.17) is 16.3 Å². The molecule has 124 valence electrons. The van der Waals surface area contributed by atoms with E-state index >= 15 is 0 Å². The van der Waals surface area contributed by atoms with Crippen LogP contribution in [0.4, 0.5) is 13.2 Å². The fourth-order valence-electron chi connectivity index (χ4n) is 2.31. The Balaban J connectivity index is 2.46. The zero-order valence-corrected chi connectivity index (χ0v) is 12.9. The smallest absolute Gasteiger partial charge is 0.416 e. The second-order valence-corrected chi connectivity index (χ2v) is 5.14. The van der Waals surface area contributed by atoms with Gasteiger partial charge in [0.05, 0.1) is 29.3 Å². The molecule has 0 N–H and O–H groups in total. The lowest BCUT2D eigenvalue weighted by Crippen LogP contribution is -2.23. The van der Waals surface area contributed by atoms with Gasteiger partial charge >= 0.3 is 11.9 Å². The van der Waals surface area contributed by atoms with Crippen molar-refractivity contribution in [2.75, 3.05) is 7.11 Å². The van der Waals surface area contributed by atoms with Gasteiger partial charge in [0.15, 0.2) is 5.15 Å². The second kappa shape index (κ2) is 5.79. The molecule has 0 bridgehead atoms. The number of benzene rings is 1. The van der Waals surface area contributed by atoms with Crippen LogP contribution in [0.3, 0.4) is 0 Å². The summed E-state index contributed by atoms with van der Waals surface area (Å²) in [6, 6.07) is 5.92. The predicted octanol–water partition coefficient (Wildman–Crippen LogP) is 3.46. The molecule has 1 aromatic carbocycles. The number of alkyl halides is 3. The largest absolute Gasteiger partial charge is 0.480 e. The van der Waals surface area contributed by atoms with Crippen molar-refractivity contribution in [2.24, 2.45) is 0 Å². The van der Waals surface area contributed by atoms with Gasteiger partial charge in [0.2, 0.25) is 5.88 Å². The fraction of sp³-hybridized carbons (Fsp3) is 0.133. The summed E-state index contributed by atoms with van der Waals surface area (Å²) in [6.45, 7) is 0. The Hall–Kier alpha value is -2.61. The van der Waals surface area contributed by atoms with Crippen molar-refractivity contribution >= 4 is 22.5 Å². The molecule has 0 unspecified atom stereocenters. The number of aromatic nitrogens is 3. The van der Waals surface area contributed by atoms with E-state index in [0.717, 1.165) is 16.7 Å². The summed E-state index contributed by atoms with van der Waals surface area (Å²) in [5.74, 6) is -0.0695. The number of hydrogen-bond donors (Lipinski definition) is 0. The average Bonchev–Trinajstić information content (AvgIpc) is 2.54. The topological polar surface area (TPSA) is 57.0 Å². The van der Waals surface area contributed by atoms with E-state index in [1.165, 1.54) is 31.5 Å². The van der Waals surface area contributed by atoms with Gasteiger partial charge in [-0.2, -0.15) is 18.2 Å². The Morgan fingerprint density at radius 3 is 2.62 bits per heavy atom. The maximum atomic E-state index is 13.0. The molecule has 24 heavy (non-hydrogen) atoms. The average molecular weight is 356 g/mol. The molecular formula is C15H9ClF3N3O2. The van der Waals surface area contributed by atoms with Crippen molar-refractivity contribution in [2.45, 2.75) is 6.18 Å². The molecule has 0 aliphatic carbocycles. The molecule has 0 aliphatic rings. The summed E-state index contributed by atoms with van der Waals surface area (Å²) < 4.78 is 45.1. The molecule has 0 saturated carbocycles. The first-order valence-corrected chi connectivity index (χ1v) is 6.99.